The molecule has 0 aromatic heterocycles. The lowest BCUT2D eigenvalue weighted by Crippen LogP contribution is -2.45. The number of benzene rings is 1. The van der Waals surface area contributed by atoms with Gasteiger partial charge in [-0.05, 0) is 24.6 Å². The van der Waals surface area contributed by atoms with E-state index in [9.17, 15) is 14.4 Å². The van der Waals surface area contributed by atoms with Gasteiger partial charge in [0.25, 0.3) is 0 Å². The van der Waals surface area contributed by atoms with Crippen molar-refractivity contribution >= 4 is 18.0 Å². The molecule has 1 aromatic rings. The normalized spacial score (nSPS) is 17.4. The molecule has 0 aliphatic carbocycles. The second kappa shape index (κ2) is 6.30. The van der Waals surface area contributed by atoms with Crippen LogP contribution in [0.3, 0.4) is 0 Å². The van der Waals surface area contributed by atoms with Crippen LogP contribution in [0.25, 0.3) is 0 Å². The summed E-state index contributed by atoms with van der Waals surface area (Å²) in [6, 6.07) is 5.39. The molecule has 1 heterocycles. The molecule has 0 saturated heterocycles. The maximum Gasteiger partial charge on any atom is 0.337 e. The highest BCUT2D eigenvalue weighted by Gasteiger charge is 2.31. The first-order valence-corrected chi connectivity index (χ1v) is 6.52. The third kappa shape index (κ3) is 2.93. The van der Waals surface area contributed by atoms with E-state index >= 15 is 0 Å². The highest BCUT2D eigenvalue weighted by atomic mass is 16.5. The number of amides is 2. The lowest BCUT2D eigenvalue weighted by Gasteiger charge is -2.27. The predicted octanol–water partition coefficient (Wildman–Crippen LogP) is 1.27. The molecule has 0 spiro atoms. The van der Waals surface area contributed by atoms with Gasteiger partial charge in [0.1, 0.15) is 0 Å². The van der Waals surface area contributed by atoms with Crippen molar-refractivity contribution in [2.75, 3.05) is 14.2 Å². The maximum absolute atomic E-state index is 11.9. The number of methoxy groups -OCH3 is 2. The van der Waals surface area contributed by atoms with Crippen molar-refractivity contribution in [3.8, 4) is 0 Å². The fraction of sp³-hybridized carbons (Fsp3) is 0.267. The number of allylic oxidation sites excluding steroid dienone is 1. The van der Waals surface area contributed by atoms with Gasteiger partial charge in [0.05, 0.1) is 31.4 Å². The van der Waals surface area contributed by atoms with Crippen molar-refractivity contribution in [3.05, 3.63) is 46.7 Å². The minimum atomic E-state index is -0.645. The number of hydrogen-bond donors (Lipinski definition) is 2. The summed E-state index contributed by atoms with van der Waals surface area (Å²) in [4.78, 5) is 35.0. The number of carbonyl (C=O) groups excluding carboxylic acids is 3. The van der Waals surface area contributed by atoms with Crippen LogP contribution in [0.15, 0.2) is 35.5 Å². The van der Waals surface area contributed by atoms with Gasteiger partial charge in [-0.1, -0.05) is 12.1 Å². The first-order chi connectivity index (χ1) is 10.5. The van der Waals surface area contributed by atoms with Crippen LogP contribution in [-0.2, 0) is 14.3 Å². The minimum Gasteiger partial charge on any atom is -0.466 e. The zero-order valence-corrected chi connectivity index (χ0v) is 12.4. The van der Waals surface area contributed by atoms with E-state index in [4.69, 9.17) is 4.74 Å². The Balaban J connectivity index is 2.40. The summed E-state index contributed by atoms with van der Waals surface area (Å²) in [7, 11) is 2.57. The second-order valence-corrected chi connectivity index (χ2v) is 4.68. The molecule has 2 amide bonds. The molecule has 0 bridgehead atoms. The van der Waals surface area contributed by atoms with E-state index in [2.05, 4.69) is 15.4 Å². The molecule has 1 aromatic carbocycles. The van der Waals surface area contributed by atoms with Gasteiger partial charge in [0, 0.05) is 5.70 Å². The van der Waals surface area contributed by atoms with E-state index in [1.807, 2.05) is 0 Å². The van der Waals surface area contributed by atoms with Crippen LogP contribution in [0, 0.1) is 0 Å². The summed E-state index contributed by atoms with van der Waals surface area (Å²) >= 11 is 0. The number of rotatable bonds is 3. The van der Waals surface area contributed by atoms with Crippen LogP contribution in [0.4, 0.5) is 4.79 Å². The number of carbonyl (C=O) groups is 3. The van der Waals surface area contributed by atoms with E-state index < -0.39 is 24.0 Å². The molecular formula is C15H16N2O5. The highest BCUT2D eigenvalue weighted by Crippen LogP contribution is 2.27. The van der Waals surface area contributed by atoms with Gasteiger partial charge >= 0.3 is 18.0 Å². The summed E-state index contributed by atoms with van der Waals surface area (Å²) in [6.45, 7) is 1.63. The molecule has 0 saturated carbocycles. The first-order valence-electron chi connectivity index (χ1n) is 6.52. The van der Waals surface area contributed by atoms with Crippen molar-refractivity contribution < 1.29 is 23.9 Å². The van der Waals surface area contributed by atoms with Gasteiger partial charge in [-0.25, -0.2) is 14.4 Å². The molecule has 2 rings (SSSR count). The summed E-state index contributed by atoms with van der Waals surface area (Å²) in [5.74, 6) is -0.993. The minimum absolute atomic E-state index is 0.313. The zero-order chi connectivity index (χ0) is 16.3. The third-order valence-electron chi connectivity index (χ3n) is 3.34. The van der Waals surface area contributed by atoms with Crippen LogP contribution in [0.2, 0.25) is 0 Å². The van der Waals surface area contributed by atoms with Gasteiger partial charge in [0.15, 0.2) is 0 Å². The Morgan fingerprint density at radius 2 is 1.64 bits per heavy atom. The van der Waals surface area contributed by atoms with Crippen LogP contribution in [0.1, 0.15) is 28.9 Å². The van der Waals surface area contributed by atoms with E-state index in [0.29, 0.717) is 22.4 Å². The zero-order valence-electron chi connectivity index (χ0n) is 12.4. The number of nitrogens with one attached hydrogen (secondary N) is 2. The Labute approximate surface area is 127 Å². The summed E-state index contributed by atoms with van der Waals surface area (Å²) < 4.78 is 9.39. The number of esters is 2. The number of hydrogen-bond acceptors (Lipinski definition) is 5. The van der Waals surface area contributed by atoms with Gasteiger partial charge in [-0.3, -0.25) is 0 Å². The Morgan fingerprint density at radius 1 is 1.05 bits per heavy atom. The standard InChI is InChI=1S/C15H16N2O5/c1-8-11(14(19)22-3)12(17-15(20)16-8)9-4-6-10(7-5-9)13(18)21-2/h4-7,12H,1-3H3,(H2,16,17,20)/t12-/m1/s1. The fourth-order valence-electron chi connectivity index (χ4n) is 2.25. The predicted molar refractivity (Wildman–Crippen MR) is 76.9 cm³/mol. The SMILES string of the molecule is COC(=O)C1=C(C)NC(=O)N[C@@H]1c1ccc(C(=O)OC)cc1. The topological polar surface area (TPSA) is 93.7 Å². The lowest BCUT2D eigenvalue weighted by atomic mass is 9.95. The number of urea groups is 1. The largest absolute Gasteiger partial charge is 0.466 e. The Kier molecular flexibility index (Phi) is 4.45. The van der Waals surface area contributed by atoms with E-state index in [-0.39, 0.29) is 0 Å². The smallest absolute Gasteiger partial charge is 0.337 e. The van der Waals surface area contributed by atoms with E-state index in [1.165, 1.54) is 14.2 Å². The van der Waals surface area contributed by atoms with Crippen molar-refractivity contribution in [2.45, 2.75) is 13.0 Å². The molecule has 1 aliphatic heterocycles. The maximum atomic E-state index is 11.9. The van der Waals surface area contributed by atoms with Crippen LogP contribution < -0.4 is 10.6 Å². The molecule has 0 fully saturated rings. The summed E-state index contributed by atoms with van der Waals surface area (Å²) in [6.07, 6.45) is 0. The monoisotopic (exact) mass is 304 g/mol. The molecule has 116 valence electrons. The average molecular weight is 304 g/mol. The van der Waals surface area contributed by atoms with Gasteiger partial charge in [0.2, 0.25) is 0 Å². The molecule has 7 heteroatoms. The quantitative estimate of drug-likeness (QED) is 0.820. The van der Waals surface area contributed by atoms with Crippen molar-refractivity contribution in [1.82, 2.24) is 10.6 Å². The van der Waals surface area contributed by atoms with E-state index in [0.717, 1.165) is 0 Å². The summed E-state index contributed by atoms with van der Waals surface area (Å²) in [5, 5.41) is 5.20. The molecule has 0 unspecified atom stereocenters. The summed E-state index contributed by atoms with van der Waals surface area (Å²) in [5.41, 5.74) is 1.78. The van der Waals surface area contributed by atoms with Gasteiger partial charge < -0.3 is 20.1 Å². The fourth-order valence-corrected chi connectivity index (χ4v) is 2.25. The Morgan fingerprint density at radius 3 is 2.18 bits per heavy atom. The molecule has 0 radical (unpaired) electrons. The molecule has 7 nitrogen and oxygen atoms in total. The molecule has 22 heavy (non-hydrogen) atoms. The Hall–Kier alpha value is -2.83. The molecular weight excluding hydrogens is 288 g/mol. The van der Waals surface area contributed by atoms with Crippen LogP contribution in [-0.4, -0.2) is 32.2 Å². The van der Waals surface area contributed by atoms with Crippen molar-refractivity contribution in [3.63, 3.8) is 0 Å². The van der Waals surface area contributed by atoms with Gasteiger partial charge in [-0.2, -0.15) is 0 Å². The number of ether oxygens (including phenoxy) is 2. The Bertz CT molecular complexity index is 648. The highest BCUT2D eigenvalue weighted by molar-refractivity contribution is 5.95. The van der Waals surface area contributed by atoms with Crippen molar-refractivity contribution in [2.24, 2.45) is 0 Å². The molecule has 2 N–H and O–H groups in total. The van der Waals surface area contributed by atoms with Crippen LogP contribution >= 0.6 is 0 Å². The lowest BCUT2D eigenvalue weighted by molar-refractivity contribution is -0.136. The molecule has 1 aliphatic rings. The van der Waals surface area contributed by atoms with E-state index in [1.54, 1.807) is 31.2 Å². The third-order valence-corrected chi connectivity index (χ3v) is 3.34. The van der Waals surface area contributed by atoms with Gasteiger partial charge in [-0.15, -0.1) is 0 Å². The van der Waals surface area contributed by atoms with Crippen molar-refractivity contribution in [1.29, 1.82) is 0 Å². The molecule has 1 atom stereocenters. The first kappa shape index (κ1) is 15.6. The second-order valence-electron chi connectivity index (χ2n) is 4.68. The average Bonchev–Trinajstić information content (AvgIpc) is 2.53. The van der Waals surface area contributed by atoms with Crippen LogP contribution in [0.5, 0.6) is 0 Å².